The molecule has 0 spiro atoms. The minimum Gasteiger partial charge on any atom is -0.493 e. The molecule has 224 valence electrons. The lowest BCUT2D eigenvalue weighted by molar-refractivity contribution is 0.102. The number of halogens is 1. The average molecular weight is 597 g/mol. The van der Waals surface area contributed by atoms with Crippen molar-refractivity contribution in [1.82, 2.24) is 14.1 Å². The van der Waals surface area contributed by atoms with E-state index in [4.69, 9.17) is 14.2 Å². The molecule has 0 unspecified atom stereocenters. The van der Waals surface area contributed by atoms with Crippen molar-refractivity contribution in [2.24, 2.45) is 0 Å². The van der Waals surface area contributed by atoms with Crippen LogP contribution in [0.3, 0.4) is 0 Å². The molecular formula is C33H29FN4O6. The Balaban J connectivity index is 1.33. The summed E-state index contributed by atoms with van der Waals surface area (Å²) in [6.07, 6.45) is 4.85. The van der Waals surface area contributed by atoms with Crippen LogP contribution in [-0.2, 0) is 6.54 Å². The number of pyridine rings is 1. The summed E-state index contributed by atoms with van der Waals surface area (Å²) in [5, 5.41) is 3.55. The van der Waals surface area contributed by atoms with Crippen molar-refractivity contribution < 1.29 is 23.4 Å². The van der Waals surface area contributed by atoms with E-state index in [1.54, 1.807) is 51.6 Å². The van der Waals surface area contributed by atoms with Gasteiger partial charge in [0.25, 0.3) is 11.5 Å². The van der Waals surface area contributed by atoms with Crippen LogP contribution in [0.25, 0.3) is 16.6 Å². The molecule has 0 bridgehead atoms. The largest absolute Gasteiger partial charge is 0.493 e. The van der Waals surface area contributed by atoms with Crippen molar-refractivity contribution in [3.8, 4) is 28.7 Å². The highest BCUT2D eigenvalue weighted by atomic mass is 19.1. The van der Waals surface area contributed by atoms with E-state index in [9.17, 15) is 18.8 Å². The molecular weight excluding hydrogens is 567 g/mol. The molecule has 2 aromatic heterocycles. The molecule has 0 saturated heterocycles. The smallest absolute Gasteiger partial charge is 0.335 e. The lowest BCUT2D eigenvalue weighted by Crippen LogP contribution is -2.42. The number of benzene rings is 3. The SMILES string of the molecule is CCn1cc(C(=O)Nc2ccc(Oc3ccnc4cc(OC)c(OC)cc34)c(C3CC3)c2)c(=O)n(-c2ccc(F)cc2)c1=O. The van der Waals surface area contributed by atoms with Crippen LogP contribution in [0, 0.1) is 5.82 Å². The Hall–Kier alpha value is -5.45. The van der Waals surface area contributed by atoms with E-state index in [1.165, 1.54) is 22.9 Å². The van der Waals surface area contributed by atoms with Crippen molar-refractivity contribution in [3.63, 3.8) is 0 Å². The number of nitrogens with one attached hydrogen (secondary N) is 1. The topological polar surface area (TPSA) is 114 Å². The first-order chi connectivity index (χ1) is 21.3. The van der Waals surface area contributed by atoms with Crippen LogP contribution >= 0.6 is 0 Å². The van der Waals surface area contributed by atoms with E-state index < -0.39 is 23.0 Å². The first kappa shape index (κ1) is 28.7. The Morgan fingerprint density at radius 2 is 1.68 bits per heavy atom. The molecule has 1 saturated carbocycles. The molecule has 1 amide bonds. The van der Waals surface area contributed by atoms with E-state index in [0.717, 1.165) is 40.5 Å². The molecule has 1 fully saturated rings. The second kappa shape index (κ2) is 11.7. The van der Waals surface area contributed by atoms with Gasteiger partial charge in [0.2, 0.25) is 0 Å². The number of anilines is 1. The number of carbonyl (C=O) groups is 1. The Kier molecular flexibility index (Phi) is 7.60. The van der Waals surface area contributed by atoms with Crippen LogP contribution < -0.4 is 30.8 Å². The van der Waals surface area contributed by atoms with Gasteiger partial charge < -0.3 is 19.5 Å². The third-order valence-electron chi connectivity index (χ3n) is 7.54. The minimum atomic E-state index is -0.803. The van der Waals surface area contributed by atoms with Crippen molar-refractivity contribution in [2.75, 3.05) is 19.5 Å². The highest BCUT2D eigenvalue weighted by Crippen LogP contribution is 2.47. The molecule has 11 heteroatoms. The van der Waals surface area contributed by atoms with Crippen LogP contribution in [0.5, 0.6) is 23.0 Å². The monoisotopic (exact) mass is 596 g/mol. The van der Waals surface area contributed by atoms with Gasteiger partial charge in [0.05, 0.1) is 25.4 Å². The molecule has 0 aliphatic heterocycles. The summed E-state index contributed by atoms with van der Waals surface area (Å²) >= 11 is 0. The van der Waals surface area contributed by atoms with Gasteiger partial charge in [-0.2, -0.15) is 0 Å². The van der Waals surface area contributed by atoms with Crippen molar-refractivity contribution in [3.05, 3.63) is 111 Å². The fourth-order valence-electron chi connectivity index (χ4n) is 5.09. The molecule has 1 aliphatic carbocycles. The van der Waals surface area contributed by atoms with Crippen LogP contribution in [-0.4, -0.2) is 34.2 Å². The molecule has 3 aromatic carbocycles. The molecule has 0 radical (unpaired) electrons. The zero-order chi connectivity index (χ0) is 31.0. The predicted molar refractivity (Wildman–Crippen MR) is 163 cm³/mol. The summed E-state index contributed by atoms with van der Waals surface area (Å²) in [5.41, 5.74) is 0.567. The van der Waals surface area contributed by atoms with Crippen LogP contribution in [0.2, 0.25) is 0 Å². The highest BCUT2D eigenvalue weighted by Gasteiger charge is 2.28. The number of carbonyl (C=O) groups excluding carboxylic acids is 1. The number of methoxy groups -OCH3 is 2. The highest BCUT2D eigenvalue weighted by molar-refractivity contribution is 6.04. The number of aromatic nitrogens is 3. The van der Waals surface area contributed by atoms with Gasteiger partial charge in [0.1, 0.15) is 22.9 Å². The van der Waals surface area contributed by atoms with Crippen LogP contribution in [0.4, 0.5) is 10.1 Å². The summed E-state index contributed by atoms with van der Waals surface area (Å²) in [6, 6.07) is 15.6. The van der Waals surface area contributed by atoms with Crippen LogP contribution in [0.1, 0.15) is 41.6 Å². The first-order valence-electron chi connectivity index (χ1n) is 14.1. The van der Waals surface area contributed by atoms with Crippen molar-refractivity contribution in [2.45, 2.75) is 32.2 Å². The Labute approximate surface area is 251 Å². The van der Waals surface area contributed by atoms with E-state index in [1.807, 2.05) is 12.1 Å². The summed E-state index contributed by atoms with van der Waals surface area (Å²) in [7, 11) is 3.13. The zero-order valence-electron chi connectivity index (χ0n) is 24.3. The second-order valence-corrected chi connectivity index (χ2v) is 10.3. The van der Waals surface area contributed by atoms with Crippen LogP contribution in [0.15, 0.2) is 82.6 Å². The molecule has 44 heavy (non-hydrogen) atoms. The molecule has 1 N–H and O–H groups in total. The van der Waals surface area contributed by atoms with Gasteiger partial charge in [0.15, 0.2) is 11.5 Å². The number of amides is 1. The first-order valence-corrected chi connectivity index (χ1v) is 14.1. The second-order valence-electron chi connectivity index (χ2n) is 10.3. The number of aryl methyl sites for hydroxylation is 1. The molecule has 6 rings (SSSR count). The lowest BCUT2D eigenvalue weighted by atomic mass is 10.1. The number of hydrogen-bond donors (Lipinski definition) is 1. The fraction of sp³-hybridized carbons (Fsp3) is 0.212. The van der Waals surface area contributed by atoms with Gasteiger partial charge in [-0.05, 0) is 85.8 Å². The van der Waals surface area contributed by atoms with Crippen molar-refractivity contribution in [1.29, 1.82) is 0 Å². The van der Waals surface area contributed by atoms with E-state index in [2.05, 4.69) is 10.3 Å². The zero-order valence-corrected chi connectivity index (χ0v) is 24.3. The number of fused-ring (bicyclic) bond motifs is 1. The third-order valence-corrected chi connectivity index (χ3v) is 7.54. The molecule has 1 aliphatic rings. The van der Waals surface area contributed by atoms with Gasteiger partial charge in [-0.3, -0.25) is 19.1 Å². The standard InChI is InChI=1S/C33H29FN4O6/c1-4-37-18-25(32(40)38(33(37)41)22-10-7-20(34)8-11-22)31(39)36-21-9-12-27(23(15-21)19-5-6-19)44-28-13-14-35-26-17-30(43-3)29(42-2)16-24(26)28/h7-19H,4-6H2,1-3H3,(H,36,39). The maximum Gasteiger partial charge on any atom is 0.335 e. The van der Waals surface area contributed by atoms with E-state index in [0.29, 0.717) is 34.2 Å². The molecule has 0 atom stereocenters. The van der Waals surface area contributed by atoms with E-state index in [-0.39, 0.29) is 23.7 Å². The minimum absolute atomic E-state index is 0.162. The van der Waals surface area contributed by atoms with E-state index >= 15 is 0 Å². The maximum absolute atomic E-state index is 13.5. The molecule has 5 aromatic rings. The quantitative estimate of drug-likeness (QED) is 0.234. The fourth-order valence-corrected chi connectivity index (χ4v) is 5.09. The van der Waals surface area contributed by atoms with Gasteiger partial charge in [-0.1, -0.05) is 0 Å². The Morgan fingerprint density at radius 1 is 0.955 bits per heavy atom. The number of rotatable bonds is 9. The van der Waals surface area contributed by atoms with Gasteiger partial charge >= 0.3 is 5.69 Å². The Morgan fingerprint density at radius 3 is 2.36 bits per heavy atom. The maximum atomic E-state index is 13.5. The van der Waals surface area contributed by atoms with Crippen molar-refractivity contribution >= 4 is 22.5 Å². The number of ether oxygens (including phenoxy) is 3. The average Bonchev–Trinajstić information content (AvgIpc) is 3.88. The predicted octanol–water partition coefficient (Wildman–Crippen LogP) is 5.65. The van der Waals surface area contributed by atoms with Gasteiger partial charge in [-0.15, -0.1) is 0 Å². The summed E-state index contributed by atoms with van der Waals surface area (Å²) in [5.74, 6) is 1.38. The Bertz CT molecular complexity index is 2020. The molecule has 10 nitrogen and oxygen atoms in total. The number of hydrogen-bond acceptors (Lipinski definition) is 7. The number of nitrogens with zero attached hydrogens (tertiary/aromatic N) is 3. The third kappa shape index (κ3) is 5.39. The normalized spacial score (nSPS) is 12.6. The summed E-state index contributed by atoms with van der Waals surface area (Å²) in [6.45, 7) is 1.95. The lowest BCUT2D eigenvalue weighted by Gasteiger charge is -2.16. The summed E-state index contributed by atoms with van der Waals surface area (Å²) in [4.78, 5) is 44.2. The van der Waals surface area contributed by atoms with Gasteiger partial charge in [-0.25, -0.2) is 13.8 Å². The van der Waals surface area contributed by atoms with Gasteiger partial charge in [0, 0.05) is 36.1 Å². The summed E-state index contributed by atoms with van der Waals surface area (Å²) < 4.78 is 32.9. The molecule has 2 heterocycles.